The minimum Gasteiger partial charge on any atom is -0.479 e. The molecule has 2 saturated heterocycles. The van der Waals surface area contributed by atoms with Crippen LogP contribution in [0.25, 0.3) is 0 Å². The number of hydrogen-bond acceptors (Lipinski definition) is 10. The highest BCUT2D eigenvalue weighted by atomic mass is 16.7. The number of piperidine rings is 1. The minimum atomic E-state index is -1.87. The van der Waals surface area contributed by atoms with Crippen molar-refractivity contribution in [3.05, 3.63) is 29.3 Å². The number of nitrogens with one attached hydrogen (secondary N) is 2. The summed E-state index contributed by atoms with van der Waals surface area (Å²) in [5.41, 5.74) is 0.256. The smallest absolute Gasteiger partial charge is 0.407 e. The highest BCUT2D eigenvalue weighted by molar-refractivity contribution is 5.97. The molecule has 0 bridgehead atoms. The Balaban J connectivity index is 1.75. The molecule has 13 nitrogen and oxygen atoms in total. The minimum absolute atomic E-state index is 0.0230. The van der Waals surface area contributed by atoms with E-state index in [2.05, 4.69) is 22.5 Å². The third-order valence-electron chi connectivity index (χ3n) is 6.57. The summed E-state index contributed by atoms with van der Waals surface area (Å²) in [6.07, 6.45) is -7.41. The number of hydrogen-bond donors (Lipinski definition) is 6. The van der Waals surface area contributed by atoms with Crippen LogP contribution in [0.1, 0.15) is 56.5 Å². The Morgan fingerprint density at radius 2 is 1.77 bits per heavy atom. The van der Waals surface area contributed by atoms with Gasteiger partial charge in [-0.25, -0.2) is 9.59 Å². The van der Waals surface area contributed by atoms with Crippen LogP contribution in [0.5, 0.6) is 5.75 Å². The number of amides is 2. The summed E-state index contributed by atoms with van der Waals surface area (Å²) in [5, 5.41) is 45.1. The second-order valence-electron chi connectivity index (χ2n) is 11.4. The molecule has 2 aliphatic heterocycles. The van der Waals surface area contributed by atoms with Gasteiger partial charge in [0.25, 0.3) is 5.91 Å². The van der Waals surface area contributed by atoms with Crippen molar-refractivity contribution in [3.8, 4) is 5.75 Å². The zero-order valence-electron chi connectivity index (χ0n) is 23.3. The topological polar surface area (TPSA) is 187 Å². The highest BCUT2D eigenvalue weighted by Crippen LogP contribution is 2.28. The fourth-order valence-electron chi connectivity index (χ4n) is 4.67. The lowest BCUT2D eigenvalue weighted by Gasteiger charge is -2.38. The van der Waals surface area contributed by atoms with Crippen molar-refractivity contribution in [2.45, 2.75) is 83.4 Å². The van der Waals surface area contributed by atoms with Crippen LogP contribution in [0.4, 0.5) is 4.79 Å². The van der Waals surface area contributed by atoms with E-state index in [1.165, 1.54) is 6.07 Å². The fraction of sp³-hybridized carbons (Fsp3) is 0.667. The molecule has 2 fully saturated rings. The Kier molecular flexibility index (Phi) is 10.7. The largest absolute Gasteiger partial charge is 0.479 e. The Morgan fingerprint density at radius 3 is 2.42 bits per heavy atom. The van der Waals surface area contributed by atoms with Crippen molar-refractivity contribution >= 4 is 18.0 Å². The van der Waals surface area contributed by atoms with Crippen LogP contribution in [-0.4, -0.2) is 106 Å². The van der Waals surface area contributed by atoms with Gasteiger partial charge in [-0.05, 0) is 63.8 Å². The van der Waals surface area contributed by atoms with Gasteiger partial charge >= 0.3 is 12.1 Å². The number of likely N-dealkylation sites (tertiary alicyclic amines) is 1. The first-order valence-corrected chi connectivity index (χ1v) is 13.4. The summed E-state index contributed by atoms with van der Waals surface area (Å²) in [4.78, 5) is 38.9. The van der Waals surface area contributed by atoms with Crippen molar-refractivity contribution in [3.63, 3.8) is 0 Å². The molecule has 0 radical (unpaired) electrons. The van der Waals surface area contributed by atoms with Crippen molar-refractivity contribution in [1.29, 1.82) is 0 Å². The third-order valence-corrected chi connectivity index (χ3v) is 6.57. The van der Waals surface area contributed by atoms with E-state index in [0.29, 0.717) is 12.5 Å². The molecule has 1 aromatic carbocycles. The van der Waals surface area contributed by atoms with Crippen molar-refractivity contribution in [2.24, 2.45) is 5.92 Å². The fourth-order valence-corrected chi connectivity index (χ4v) is 4.67. The molecule has 3 rings (SSSR count). The lowest BCUT2D eigenvalue weighted by atomic mass is 9.98. The number of ether oxygens (including phenoxy) is 3. The van der Waals surface area contributed by atoms with Gasteiger partial charge < -0.3 is 45.3 Å². The van der Waals surface area contributed by atoms with Crippen LogP contribution in [-0.2, 0) is 20.8 Å². The van der Waals surface area contributed by atoms with Crippen LogP contribution in [0.15, 0.2) is 18.2 Å². The summed E-state index contributed by atoms with van der Waals surface area (Å²) in [6.45, 7) is 10.0. The lowest BCUT2D eigenvalue weighted by molar-refractivity contribution is -0.271. The summed E-state index contributed by atoms with van der Waals surface area (Å²) in [7, 11) is 0. The lowest BCUT2D eigenvalue weighted by Crippen LogP contribution is -2.61. The van der Waals surface area contributed by atoms with Crippen LogP contribution in [0.3, 0.4) is 0 Å². The number of alkyl carbamates (subject to hydrolysis) is 1. The number of carboxylic acid groups (broad SMARTS) is 1. The van der Waals surface area contributed by atoms with E-state index < -0.39 is 54.3 Å². The summed E-state index contributed by atoms with van der Waals surface area (Å²) >= 11 is 0. The van der Waals surface area contributed by atoms with Gasteiger partial charge in [-0.2, -0.15) is 0 Å². The normalized spacial score (nSPS) is 27.5. The molecule has 0 unspecified atom stereocenters. The number of carboxylic acids is 1. The maximum absolute atomic E-state index is 13.2. The van der Waals surface area contributed by atoms with Gasteiger partial charge in [0.1, 0.15) is 29.7 Å². The van der Waals surface area contributed by atoms with Crippen molar-refractivity contribution in [2.75, 3.05) is 26.2 Å². The van der Waals surface area contributed by atoms with E-state index in [1.807, 2.05) is 0 Å². The van der Waals surface area contributed by atoms with E-state index in [1.54, 1.807) is 32.9 Å². The zero-order valence-corrected chi connectivity index (χ0v) is 23.3. The molecular formula is C27H41N3O10. The highest BCUT2D eigenvalue weighted by Gasteiger charge is 2.48. The second kappa shape index (κ2) is 13.6. The first-order chi connectivity index (χ1) is 18.7. The molecule has 2 aliphatic rings. The van der Waals surface area contributed by atoms with Crippen molar-refractivity contribution < 1.29 is 49.0 Å². The van der Waals surface area contributed by atoms with E-state index in [-0.39, 0.29) is 24.4 Å². The molecule has 0 saturated carbocycles. The van der Waals surface area contributed by atoms with Gasteiger partial charge in [0, 0.05) is 26.2 Å². The van der Waals surface area contributed by atoms with Crippen LogP contribution < -0.4 is 15.4 Å². The third kappa shape index (κ3) is 8.77. The van der Waals surface area contributed by atoms with E-state index in [0.717, 1.165) is 31.5 Å². The standard InChI is InChI=1S/C27H41N3O10/c1-15-6-5-11-30(13-15)14-16-7-8-18(38-25-21(33)19(31)20(32)22(39-25)24(35)36)17(12-16)23(34)28-9-10-29-26(37)40-27(2,3)4/h7-8,12,15,19-22,25,31-33H,5-6,9-11,13-14H2,1-4H3,(H,28,34)(H,29,37)(H,35,36)/t15-,19-,20-,21+,22-,25+/m0/s1. The molecule has 13 heteroatoms. The van der Waals surface area contributed by atoms with Gasteiger partial charge in [-0.1, -0.05) is 13.0 Å². The van der Waals surface area contributed by atoms with Crippen LogP contribution >= 0.6 is 0 Å². The maximum Gasteiger partial charge on any atom is 0.407 e. The molecule has 6 N–H and O–H groups in total. The predicted molar refractivity (Wildman–Crippen MR) is 142 cm³/mol. The number of aliphatic hydroxyl groups excluding tert-OH is 3. The molecule has 1 aromatic rings. The van der Waals surface area contributed by atoms with E-state index in [9.17, 15) is 34.8 Å². The first-order valence-electron chi connectivity index (χ1n) is 13.4. The second-order valence-corrected chi connectivity index (χ2v) is 11.4. The summed E-state index contributed by atoms with van der Waals surface area (Å²) in [6, 6.07) is 4.91. The number of nitrogens with zero attached hydrogens (tertiary/aromatic N) is 1. The predicted octanol–water partition coefficient (Wildman–Crippen LogP) is 0.444. The summed E-state index contributed by atoms with van der Waals surface area (Å²) in [5.74, 6) is -1.56. The van der Waals surface area contributed by atoms with Gasteiger partial charge in [0.2, 0.25) is 6.29 Å². The number of aliphatic hydroxyl groups is 3. The molecule has 224 valence electrons. The first kappa shape index (κ1) is 31.6. The van der Waals surface area contributed by atoms with Crippen LogP contribution in [0, 0.1) is 5.92 Å². The number of aliphatic carboxylic acids is 1. The Morgan fingerprint density at radius 1 is 1.07 bits per heavy atom. The Hall–Kier alpha value is -2.97. The monoisotopic (exact) mass is 567 g/mol. The summed E-state index contributed by atoms with van der Waals surface area (Å²) < 4.78 is 16.1. The molecule has 0 aliphatic carbocycles. The Bertz CT molecular complexity index is 1050. The van der Waals surface area contributed by atoms with Gasteiger partial charge in [-0.15, -0.1) is 0 Å². The molecule has 0 spiro atoms. The number of carbonyl (C=O) groups excluding carboxylic acids is 2. The molecular weight excluding hydrogens is 526 g/mol. The van der Waals surface area contributed by atoms with Gasteiger partial charge in [0.05, 0.1) is 5.56 Å². The molecule has 2 heterocycles. The SMILES string of the molecule is C[C@H]1CCCN(Cc2ccc(O[C@@H]3O[C@H](C(=O)O)[C@@H](O)[C@H](O)[C@H]3O)c(C(=O)NCCNC(=O)OC(C)(C)C)c2)C1. The molecule has 40 heavy (non-hydrogen) atoms. The number of rotatable bonds is 9. The maximum atomic E-state index is 13.2. The van der Waals surface area contributed by atoms with Gasteiger partial charge in [0.15, 0.2) is 6.10 Å². The Labute approximate surface area is 233 Å². The van der Waals surface area contributed by atoms with Gasteiger partial charge in [-0.3, -0.25) is 9.69 Å². The number of benzene rings is 1. The van der Waals surface area contributed by atoms with Crippen molar-refractivity contribution in [1.82, 2.24) is 15.5 Å². The van der Waals surface area contributed by atoms with E-state index in [4.69, 9.17) is 14.2 Å². The molecule has 6 atom stereocenters. The van der Waals surface area contributed by atoms with Crippen LogP contribution in [0.2, 0.25) is 0 Å². The average molecular weight is 568 g/mol. The van der Waals surface area contributed by atoms with E-state index >= 15 is 0 Å². The average Bonchev–Trinajstić information content (AvgIpc) is 2.86. The molecule has 2 amide bonds. The molecule has 0 aromatic heterocycles. The zero-order chi connectivity index (χ0) is 29.6. The number of carbonyl (C=O) groups is 3. The quantitative estimate of drug-likeness (QED) is 0.227.